The number of rotatable bonds is 4. The highest BCUT2D eigenvalue weighted by Crippen LogP contribution is 2.31. The van der Waals surface area contributed by atoms with Crippen LogP contribution in [0.1, 0.15) is 23.0 Å². The van der Waals surface area contributed by atoms with E-state index in [-0.39, 0.29) is 11.6 Å². The molecule has 0 radical (unpaired) electrons. The molecule has 0 atom stereocenters. The zero-order valence-corrected chi connectivity index (χ0v) is 13.8. The molecule has 0 saturated heterocycles. The fourth-order valence-electron chi connectivity index (χ4n) is 2.91. The van der Waals surface area contributed by atoms with Crippen molar-refractivity contribution in [2.24, 2.45) is 0 Å². The van der Waals surface area contributed by atoms with Crippen molar-refractivity contribution in [2.45, 2.75) is 13.8 Å². The van der Waals surface area contributed by atoms with Crippen molar-refractivity contribution in [1.29, 1.82) is 0 Å². The molecule has 4 heteroatoms. The van der Waals surface area contributed by atoms with Gasteiger partial charge in [0, 0.05) is 28.7 Å². The summed E-state index contributed by atoms with van der Waals surface area (Å²) in [5.41, 5.74) is 4.11. The molecular formula is C20H18FNO2. The maximum atomic E-state index is 13.2. The van der Waals surface area contributed by atoms with Crippen LogP contribution in [-0.4, -0.2) is 17.5 Å². The highest BCUT2D eigenvalue weighted by Gasteiger charge is 2.18. The maximum absolute atomic E-state index is 13.2. The van der Waals surface area contributed by atoms with Crippen LogP contribution in [0.5, 0.6) is 5.75 Å². The van der Waals surface area contributed by atoms with Gasteiger partial charge < -0.3 is 9.30 Å². The molecule has 3 nitrogen and oxygen atoms in total. The Kier molecular flexibility index (Phi) is 4.21. The molecule has 24 heavy (non-hydrogen) atoms. The van der Waals surface area contributed by atoms with Gasteiger partial charge in [0.1, 0.15) is 11.6 Å². The highest BCUT2D eigenvalue weighted by molar-refractivity contribution is 6.02. The molecule has 0 amide bonds. The minimum atomic E-state index is -0.286. The number of halogens is 1. The Morgan fingerprint density at radius 1 is 1.04 bits per heavy atom. The van der Waals surface area contributed by atoms with E-state index in [1.807, 2.05) is 42.0 Å². The van der Waals surface area contributed by atoms with E-state index in [2.05, 4.69) is 0 Å². The van der Waals surface area contributed by atoms with Crippen LogP contribution in [0.3, 0.4) is 0 Å². The predicted molar refractivity (Wildman–Crippen MR) is 92.5 cm³/mol. The fraction of sp³-hybridized carbons (Fsp3) is 0.150. The van der Waals surface area contributed by atoms with Gasteiger partial charge in [-0.05, 0) is 55.8 Å². The minimum Gasteiger partial charge on any atom is -0.497 e. The summed E-state index contributed by atoms with van der Waals surface area (Å²) in [4.78, 5) is 12.2. The molecule has 1 aromatic heterocycles. The van der Waals surface area contributed by atoms with E-state index >= 15 is 0 Å². The molecule has 0 aliphatic heterocycles. The monoisotopic (exact) mass is 323 g/mol. The first kappa shape index (κ1) is 16.0. The summed E-state index contributed by atoms with van der Waals surface area (Å²) < 4.78 is 20.3. The molecule has 1 heterocycles. The molecule has 0 unspecified atom stereocenters. The molecular weight excluding hydrogens is 305 g/mol. The summed E-state index contributed by atoms with van der Waals surface area (Å²) in [5, 5.41) is 0. The lowest BCUT2D eigenvalue weighted by atomic mass is 10.0. The van der Waals surface area contributed by atoms with Crippen LogP contribution in [0.25, 0.3) is 16.8 Å². The number of carbonyl (C=O) groups is 1. The number of Topliss-reactive ketones (excluding diaryl/α,β-unsaturated/α-hetero) is 1. The number of ether oxygens (including phenoxy) is 1. The molecule has 0 aliphatic rings. The van der Waals surface area contributed by atoms with Gasteiger partial charge >= 0.3 is 0 Å². The Balaban J connectivity index is 2.16. The average molecular weight is 323 g/mol. The van der Waals surface area contributed by atoms with Crippen molar-refractivity contribution >= 4 is 5.78 Å². The summed E-state index contributed by atoms with van der Waals surface area (Å²) in [6, 6.07) is 13.8. The standard InChI is InChI=1S/C20H18FNO2/c1-13-20(14(2)23)19(15-4-10-18(24-3)11-5-15)12-22(13)17-8-6-16(21)7-9-17/h4-12H,1-3H3. The van der Waals surface area contributed by atoms with Crippen LogP contribution in [-0.2, 0) is 0 Å². The molecule has 2 aromatic carbocycles. The summed E-state index contributed by atoms with van der Waals surface area (Å²) in [7, 11) is 1.62. The zero-order chi connectivity index (χ0) is 17.3. The van der Waals surface area contributed by atoms with Gasteiger partial charge in [-0.1, -0.05) is 12.1 Å². The highest BCUT2D eigenvalue weighted by atomic mass is 19.1. The fourth-order valence-corrected chi connectivity index (χ4v) is 2.91. The van der Waals surface area contributed by atoms with Gasteiger partial charge in [0.25, 0.3) is 0 Å². The van der Waals surface area contributed by atoms with Crippen molar-refractivity contribution in [3.63, 3.8) is 0 Å². The second kappa shape index (κ2) is 6.32. The second-order valence-corrected chi connectivity index (χ2v) is 5.63. The number of carbonyl (C=O) groups excluding carboxylic acids is 1. The normalized spacial score (nSPS) is 10.7. The molecule has 0 bridgehead atoms. The summed E-state index contributed by atoms with van der Waals surface area (Å²) in [5.74, 6) is 0.475. The van der Waals surface area contributed by atoms with Crippen molar-refractivity contribution < 1.29 is 13.9 Å². The van der Waals surface area contributed by atoms with Crippen molar-refractivity contribution in [3.8, 4) is 22.6 Å². The first-order valence-electron chi connectivity index (χ1n) is 7.64. The summed E-state index contributed by atoms with van der Waals surface area (Å²) in [6.45, 7) is 3.46. The number of nitrogens with zero attached hydrogens (tertiary/aromatic N) is 1. The summed E-state index contributed by atoms with van der Waals surface area (Å²) in [6.07, 6.45) is 1.92. The van der Waals surface area contributed by atoms with Gasteiger partial charge in [-0.25, -0.2) is 4.39 Å². The molecule has 3 rings (SSSR count). The minimum absolute atomic E-state index is 0.000760. The Hall–Kier alpha value is -2.88. The van der Waals surface area contributed by atoms with Gasteiger partial charge in [-0.15, -0.1) is 0 Å². The molecule has 0 spiro atoms. The van der Waals surface area contributed by atoms with Crippen LogP contribution in [0.4, 0.5) is 4.39 Å². The van der Waals surface area contributed by atoms with E-state index in [9.17, 15) is 9.18 Å². The molecule has 3 aromatic rings. The lowest BCUT2D eigenvalue weighted by molar-refractivity contribution is 0.101. The smallest absolute Gasteiger partial charge is 0.162 e. The van der Waals surface area contributed by atoms with E-state index in [4.69, 9.17) is 4.74 Å². The third-order valence-electron chi connectivity index (χ3n) is 4.11. The molecule has 0 N–H and O–H groups in total. The van der Waals surface area contributed by atoms with E-state index in [0.29, 0.717) is 5.56 Å². The zero-order valence-electron chi connectivity index (χ0n) is 13.8. The van der Waals surface area contributed by atoms with Crippen LogP contribution in [0.15, 0.2) is 54.7 Å². The number of hydrogen-bond donors (Lipinski definition) is 0. The van der Waals surface area contributed by atoms with Crippen LogP contribution < -0.4 is 4.74 Å². The first-order chi connectivity index (χ1) is 11.5. The quantitative estimate of drug-likeness (QED) is 0.646. The number of benzene rings is 2. The first-order valence-corrected chi connectivity index (χ1v) is 7.64. The molecule has 0 saturated carbocycles. The third kappa shape index (κ3) is 2.83. The van der Waals surface area contributed by atoms with E-state index in [1.165, 1.54) is 12.1 Å². The maximum Gasteiger partial charge on any atom is 0.162 e. The van der Waals surface area contributed by atoms with Crippen molar-refractivity contribution in [1.82, 2.24) is 4.57 Å². The average Bonchev–Trinajstić information content (AvgIpc) is 2.93. The number of methoxy groups -OCH3 is 1. The third-order valence-corrected chi connectivity index (χ3v) is 4.11. The van der Waals surface area contributed by atoms with Crippen molar-refractivity contribution in [2.75, 3.05) is 7.11 Å². The van der Waals surface area contributed by atoms with Crippen LogP contribution in [0, 0.1) is 12.7 Å². The van der Waals surface area contributed by atoms with E-state index in [0.717, 1.165) is 28.3 Å². The van der Waals surface area contributed by atoms with Crippen LogP contribution >= 0.6 is 0 Å². The van der Waals surface area contributed by atoms with E-state index in [1.54, 1.807) is 26.2 Å². The van der Waals surface area contributed by atoms with Gasteiger partial charge in [-0.3, -0.25) is 4.79 Å². The Morgan fingerprint density at radius 3 is 2.21 bits per heavy atom. The lowest BCUT2D eigenvalue weighted by Gasteiger charge is -2.06. The number of ketones is 1. The molecule has 0 aliphatic carbocycles. The van der Waals surface area contributed by atoms with Gasteiger partial charge in [0.2, 0.25) is 0 Å². The van der Waals surface area contributed by atoms with Gasteiger partial charge in [-0.2, -0.15) is 0 Å². The Bertz CT molecular complexity index is 877. The topological polar surface area (TPSA) is 31.2 Å². The van der Waals surface area contributed by atoms with Gasteiger partial charge in [0.15, 0.2) is 5.78 Å². The molecule has 122 valence electrons. The summed E-state index contributed by atoms with van der Waals surface area (Å²) >= 11 is 0. The van der Waals surface area contributed by atoms with Crippen LogP contribution in [0.2, 0.25) is 0 Å². The number of hydrogen-bond acceptors (Lipinski definition) is 2. The number of aromatic nitrogens is 1. The largest absolute Gasteiger partial charge is 0.497 e. The lowest BCUT2D eigenvalue weighted by Crippen LogP contribution is -1.99. The van der Waals surface area contributed by atoms with E-state index < -0.39 is 0 Å². The van der Waals surface area contributed by atoms with Gasteiger partial charge in [0.05, 0.1) is 7.11 Å². The Morgan fingerprint density at radius 2 is 1.67 bits per heavy atom. The second-order valence-electron chi connectivity index (χ2n) is 5.63. The Labute approximate surface area is 140 Å². The SMILES string of the molecule is COc1ccc(-c2cn(-c3ccc(F)cc3)c(C)c2C(C)=O)cc1. The van der Waals surface area contributed by atoms with Crippen molar-refractivity contribution in [3.05, 3.63) is 71.8 Å². The molecule has 0 fully saturated rings. The predicted octanol–water partition coefficient (Wildman–Crippen LogP) is 4.80.